The Bertz CT molecular complexity index is 912. The molecule has 0 spiro atoms. The predicted molar refractivity (Wildman–Crippen MR) is 136 cm³/mol. The third-order valence-electron chi connectivity index (χ3n) is 7.06. The normalized spacial score (nSPS) is 18.4. The lowest BCUT2D eigenvalue weighted by Gasteiger charge is -2.38. The van der Waals surface area contributed by atoms with E-state index in [1.54, 1.807) is 0 Å². The Morgan fingerprint density at radius 1 is 1.12 bits per heavy atom. The zero-order chi connectivity index (χ0) is 23.8. The number of fused-ring (bicyclic) bond motifs is 1. The third-order valence-corrected chi connectivity index (χ3v) is 7.06. The highest BCUT2D eigenvalue weighted by atomic mass is 16.6. The number of piperazine rings is 1. The van der Waals surface area contributed by atoms with Gasteiger partial charge in [-0.3, -0.25) is 4.90 Å². The molecule has 2 aromatic rings. The van der Waals surface area contributed by atoms with Crippen LogP contribution in [-0.4, -0.2) is 66.9 Å². The molecule has 1 amide bonds. The number of amides is 1. The van der Waals surface area contributed by atoms with Crippen molar-refractivity contribution in [1.29, 1.82) is 0 Å². The summed E-state index contributed by atoms with van der Waals surface area (Å²) in [6, 6.07) is 16.6. The van der Waals surface area contributed by atoms with Gasteiger partial charge in [-0.15, -0.1) is 0 Å². The molecule has 0 saturated carbocycles. The molecule has 1 aliphatic heterocycles. The van der Waals surface area contributed by atoms with Gasteiger partial charge in [0.25, 0.3) is 0 Å². The van der Waals surface area contributed by atoms with E-state index in [2.05, 4.69) is 34.9 Å². The van der Waals surface area contributed by atoms with Crippen molar-refractivity contribution in [1.82, 2.24) is 9.80 Å². The molecule has 1 N–H and O–H groups in total. The molecule has 6 heteroatoms. The van der Waals surface area contributed by atoms with Crippen LogP contribution in [0.2, 0.25) is 0 Å². The summed E-state index contributed by atoms with van der Waals surface area (Å²) >= 11 is 0. The summed E-state index contributed by atoms with van der Waals surface area (Å²) in [6.45, 7) is 8.50. The van der Waals surface area contributed by atoms with Crippen molar-refractivity contribution in [3.8, 4) is 0 Å². The van der Waals surface area contributed by atoms with Crippen LogP contribution in [0.4, 0.5) is 10.5 Å². The van der Waals surface area contributed by atoms with E-state index in [-0.39, 0.29) is 25.3 Å². The molecule has 0 radical (unpaired) electrons. The van der Waals surface area contributed by atoms with Gasteiger partial charge >= 0.3 is 6.09 Å². The largest absolute Gasteiger partial charge is 0.445 e. The van der Waals surface area contributed by atoms with Crippen LogP contribution >= 0.6 is 0 Å². The van der Waals surface area contributed by atoms with E-state index in [0.29, 0.717) is 13.0 Å². The number of aryl methyl sites for hydroxylation is 1. The van der Waals surface area contributed by atoms with Crippen molar-refractivity contribution >= 4 is 11.8 Å². The number of rotatable bonds is 9. The second-order valence-electron chi connectivity index (χ2n) is 9.43. The maximum Gasteiger partial charge on any atom is 0.410 e. The van der Waals surface area contributed by atoms with Gasteiger partial charge in [0.15, 0.2) is 0 Å². The number of hydrogen-bond donors (Lipinski definition) is 1. The fourth-order valence-corrected chi connectivity index (χ4v) is 5.25. The first-order valence-corrected chi connectivity index (χ1v) is 12.9. The number of nitrogens with zero attached hydrogens (tertiary/aromatic N) is 3. The first-order chi connectivity index (χ1) is 16.7. The van der Waals surface area contributed by atoms with Crippen LogP contribution in [-0.2, 0) is 17.8 Å². The zero-order valence-electron chi connectivity index (χ0n) is 20.5. The first-order valence-electron chi connectivity index (χ1n) is 12.9. The first kappa shape index (κ1) is 24.6. The predicted octanol–water partition coefficient (Wildman–Crippen LogP) is 4.62. The van der Waals surface area contributed by atoms with Gasteiger partial charge in [0.05, 0.1) is 6.04 Å². The van der Waals surface area contributed by atoms with E-state index in [9.17, 15) is 9.90 Å². The number of ether oxygens (including phenoxy) is 1. The number of benzene rings is 2. The van der Waals surface area contributed by atoms with Crippen molar-refractivity contribution < 1.29 is 14.6 Å². The summed E-state index contributed by atoms with van der Waals surface area (Å²) in [5, 5.41) is 9.48. The number of anilines is 1. The van der Waals surface area contributed by atoms with Crippen LogP contribution in [0, 0.1) is 0 Å². The minimum absolute atomic E-state index is 0.0140. The quantitative estimate of drug-likeness (QED) is 0.586. The topological polar surface area (TPSA) is 56.2 Å². The van der Waals surface area contributed by atoms with Gasteiger partial charge < -0.3 is 19.6 Å². The number of carbonyl (C=O) groups is 1. The molecule has 2 aromatic carbocycles. The Morgan fingerprint density at radius 3 is 2.65 bits per heavy atom. The Balaban J connectivity index is 1.50. The highest BCUT2D eigenvalue weighted by Crippen LogP contribution is 2.37. The molecule has 1 aliphatic carbocycles. The third kappa shape index (κ3) is 6.10. The second kappa shape index (κ2) is 12.2. The van der Waals surface area contributed by atoms with E-state index in [0.717, 1.165) is 51.0 Å². The van der Waals surface area contributed by atoms with E-state index in [4.69, 9.17) is 4.74 Å². The Hall–Kier alpha value is -2.57. The average Bonchev–Trinajstić information content (AvgIpc) is 2.89. The van der Waals surface area contributed by atoms with Gasteiger partial charge in [-0.05, 0) is 67.5 Å². The van der Waals surface area contributed by atoms with Crippen molar-refractivity contribution in [3.05, 3.63) is 65.2 Å². The van der Waals surface area contributed by atoms with Gasteiger partial charge in [0.2, 0.25) is 0 Å². The molecule has 0 bridgehead atoms. The van der Waals surface area contributed by atoms with E-state index in [1.807, 2.05) is 35.2 Å². The van der Waals surface area contributed by atoms with Gasteiger partial charge in [0.1, 0.15) is 6.61 Å². The van der Waals surface area contributed by atoms with Crippen LogP contribution in [0.15, 0.2) is 48.5 Å². The Morgan fingerprint density at radius 2 is 1.91 bits per heavy atom. The summed E-state index contributed by atoms with van der Waals surface area (Å²) in [7, 11) is 0. The monoisotopic (exact) mass is 465 g/mol. The van der Waals surface area contributed by atoms with Crippen LogP contribution in [0.1, 0.15) is 55.3 Å². The Kier molecular flexibility index (Phi) is 8.83. The van der Waals surface area contributed by atoms with Crippen LogP contribution in [0.25, 0.3) is 0 Å². The molecule has 1 heterocycles. The van der Waals surface area contributed by atoms with Gasteiger partial charge in [-0.2, -0.15) is 0 Å². The summed E-state index contributed by atoms with van der Waals surface area (Å²) in [5.41, 5.74) is 4.80. The van der Waals surface area contributed by atoms with Gasteiger partial charge in [-0.1, -0.05) is 43.3 Å². The minimum Gasteiger partial charge on any atom is -0.445 e. The molecule has 1 saturated heterocycles. The van der Waals surface area contributed by atoms with Crippen molar-refractivity contribution in [3.63, 3.8) is 0 Å². The second-order valence-corrected chi connectivity index (χ2v) is 9.43. The summed E-state index contributed by atoms with van der Waals surface area (Å²) < 4.78 is 5.73. The van der Waals surface area contributed by atoms with E-state index in [1.165, 1.54) is 29.8 Å². The lowest BCUT2D eigenvalue weighted by Crippen LogP contribution is -2.46. The van der Waals surface area contributed by atoms with Gasteiger partial charge in [0, 0.05) is 45.0 Å². The summed E-state index contributed by atoms with van der Waals surface area (Å²) in [6.07, 6.45) is 4.47. The van der Waals surface area contributed by atoms with Gasteiger partial charge in [-0.25, -0.2) is 4.79 Å². The molecule has 4 rings (SSSR count). The lowest BCUT2D eigenvalue weighted by atomic mass is 9.86. The molecular formula is C28H39N3O3. The molecule has 0 aromatic heterocycles. The van der Waals surface area contributed by atoms with Crippen molar-refractivity contribution in [2.24, 2.45) is 0 Å². The fourth-order valence-electron chi connectivity index (χ4n) is 5.25. The lowest BCUT2D eigenvalue weighted by molar-refractivity contribution is 0.0733. The van der Waals surface area contributed by atoms with Crippen LogP contribution in [0.3, 0.4) is 0 Å². The molecule has 1 unspecified atom stereocenters. The highest BCUT2D eigenvalue weighted by Gasteiger charge is 2.31. The minimum atomic E-state index is -0.297. The van der Waals surface area contributed by atoms with Crippen LogP contribution in [0.5, 0.6) is 0 Å². The molecule has 34 heavy (non-hydrogen) atoms. The summed E-state index contributed by atoms with van der Waals surface area (Å²) in [4.78, 5) is 20.1. The molecule has 2 aliphatic rings. The number of hydrogen-bond acceptors (Lipinski definition) is 5. The highest BCUT2D eigenvalue weighted by molar-refractivity contribution is 5.69. The summed E-state index contributed by atoms with van der Waals surface area (Å²) in [5.74, 6) is 0. The van der Waals surface area contributed by atoms with Crippen molar-refractivity contribution in [2.45, 2.75) is 51.7 Å². The zero-order valence-corrected chi connectivity index (χ0v) is 20.5. The standard InChI is InChI=1S/C28H39N3O3/c1-2-14-29-16-18-30(19-17-29)25-13-12-24-10-6-11-27(26(24)21-25)31(15-7-20-32)28(33)34-22-23-8-4-3-5-9-23/h3-5,8-9,12-13,21,27,32H,2,6-7,10-11,14-20,22H2,1H3. The number of carbonyl (C=O) groups excluding carboxylic acids is 1. The molecule has 1 atom stereocenters. The number of aliphatic hydroxyl groups excluding tert-OH is 1. The molecule has 184 valence electrons. The molecule has 1 fully saturated rings. The molecular weight excluding hydrogens is 426 g/mol. The fraction of sp³-hybridized carbons (Fsp3) is 0.536. The maximum absolute atomic E-state index is 13.2. The maximum atomic E-state index is 13.2. The Labute approximate surface area is 204 Å². The molecule has 6 nitrogen and oxygen atoms in total. The number of aliphatic hydroxyl groups is 1. The smallest absolute Gasteiger partial charge is 0.410 e. The van der Waals surface area contributed by atoms with E-state index < -0.39 is 0 Å². The van der Waals surface area contributed by atoms with E-state index >= 15 is 0 Å². The SMILES string of the molecule is CCCN1CCN(c2ccc3c(c2)C(N(CCCO)C(=O)OCc2ccccc2)CCC3)CC1. The average molecular weight is 466 g/mol. The van der Waals surface area contributed by atoms with Crippen molar-refractivity contribution in [2.75, 3.05) is 50.8 Å². The van der Waals surface area contributed by atoms with Crippen LogP contribution < -0.4 is 4.90 Å².